The fourth-order valence-electron chi connectivity index (χ4n) is 3.41. The van der Waals surface area contributed by atoms with E-state index in [9.17, 15) is 4.79 Å². The zero-order valence-corrected chi connectivity index (χ0v) is 14.3. The second-order valence-electron chi connectivity index (χ2n) is 6.42. The van der Waals surface area contributed by atoms with Crippen LogP contribution < -0.4 is 11.1 Å². The molecule has 2 aromatic carbocycles. The summed E-state index contributed by atoms with van der Waals surface area (Å²) in [6, 6.07) is 14.1. The molecule has 26 heavy (non-hydrogen) atoms. The summed E-state index contributed by atoms with van der Waals surface area (Å²) >= 11 is 0. The third-order valence-electron chi connectivity index (χ3n) is 4.71. The van der Waals surface area contributed by atoms with E-state index in [0.717, 1.165) is 24.1 Å². The number of nitrogens with one attached hydrogen (secondary N) is 1. The number of fused-ring (bicyclic) bond motifs is 1. The van der Waals surface area contributed by atoms with Crippen molar-refractivity contribution in [3.63, 3.8) is 0 Å². The van der Waals surface area contributed by atoms with Gasteiger partial charge in [-0.2, -0.15) is 0 Å². The fourth-order valence-corrected chi connectivity index (χ4v) is 3.41. The molecule has 1 aliphatic carbocycles. The maximum Gasteiger partial charge on any atom is 0.244 e. The summed E-state index contributed by atoms with van der Waals surface area (Å²) in [6.07, 6.45) is 10.6. The van der Waals surface area contributed by atoms with Gasteiger partial charge in [-0.05, 0) is 47.7 Å². The van der Waals surface area contributed by atoms with Crippen LogP contribution >= 0.6 is 0 Å². The largest absolute Gasteiger partial charge is 0.397 e. The molecule has 0 saturated carbocycles. The van der Waals surface area contributed by atoms with Crippen molar-refractivity contribution in [2.75, 3.05) is 5.73 Å². The number of nitrogens with two attached hydrogens (primary N) is 1. The molecule has 1 aliphatic rings. The van der Waals surface area contributed by atoms with E-state index < -0.39 is 0 Å². The van der Waals surface area contributed by atoms with E-state index in [1.54, 1.807) is 24.7 Å². The normalized spacial score (nSPS) is 15.9. The Labute approximate surface area is 152 Å². The Balaban J connectivity index is 1.43. The molecule has 0 spiro atoms. The maximum atomic E-state index is 12.3. The molecular formula is C21H20N4O. The van der Waals surface area contributed by atoms with Gasteiger partial charge in [0.2, 0.25) is 5.91 Å². The molecule has 1 aromatic heterocycles. The van der Waals surface area contributed by atoms with Crippen molar-refractivity contribution >= 4 is 17.7 Å². The Bertz CT molecular complexity index is 960. The first-order chi connectivity index (χ1) is 12.7. The standard InChI is InChI=1S/C21H20N4O/c22-18-13-15(5-9-20(18)25-12-11-23-14-25)6-10-21(26)24-19-8-7-16-3-1-2-4-17(16)19/h1-6,9-14,19H,7-8,22H2,(H,24,26)/b10-6+. The Hall–Kier alpha value is -3.34. The molecule has 3 N–H and O–H groups in total. The van der Waals surface area contributed by atoms with Crippen LogP contribution in [0.5, 0.6) is 0 Å². The molecule has 0 radical (unpaired) electrons. The van der Waals surface area contributed by atoms with Gasteiger partial charge in [0.25, 0.3) is 0 Å². The van der Waals surface area contributed by atoms with E-state index in [1.807, 2.05) is 41.1 Å². The molecule has 0 bridgehead atoms. The highest BCUT2D eigenvalue weighted by Crippen LogP contribution is 2.30. The molecule has 1 heterocycles. The van der Waals surface area contributed by atoms with Crippen LogP contribution in [0.15, 0.2) is 67.3 Å². The fraction of sp³-hybridized carbons (Fsp3) is 0.143. The Morgan fingerprint density at radius 2 is 2.15 bits per heavy atom. The van der Waals surface area contributed by atoms with Crippen LogP contribution in [0.1, 0.15) is 29.2 Å². The highest BCUT2D eigenvalue weighted by Gasteiger charge is 2.22. The highest BCUT2D eigenvalue weighted by molar-refractivity contribution is 5.92. The predicted octanol–water partition coefficient (Wildman–Crippen LogP) is 3.27. The molecule has 0 fully saturated rings. The van der Waals surface area contributed by atoms with Crippen LogP contribution in [0.2, 0.25) is 0 Å². The van der Waals surface area contributed by atoms with Crippen LogP contribution in [-0.4, -0.2) is 15.5 Å². The number of rotatable bonds is 4. The third kappa shape index (κ3) is 3.24. The Morgan fingerprint density at radius 1 is 1.27 bits per heavy atom. The molecule has 1 amide bonds. The van der Waals surface area contributed by atoms with Gasteiger partial charge in [-0.15, -0.1) is 0 Å². The number of benzene rings is 2. The van der Waals surface area contributed by atoms with Crippen LogP contribution in [0.4, 0.5) is 5.69 Å². The molecule has 130 valence electrons. The minimum Gasteiger partial charge on any atom is -0.397 e. The van der Waals surface area contributed by atoms with Crippen LogP contribution in [0.25, 0.3) is 11.8 Å². The molecule has 4 rings (SSSR count). The summed E-state index contributed by atoms with van der Waals surface area (Å²) < 4.78 is 1.85. The van der Waals surface area contributed by atoms with Gasteiger partial charge in [-0.25, -0.2) is 4.98 Å². The minimum absolute atomic E-state index is 0.0936. The maximum absolute atomic E-state index is 12.3. The summed E-state index contributed by atoms with van der Waals surface area (Å²) in [6.45, 7) is 0. The Morgan fingerprint density at radius 3 is 2.96 bits per heavy atom. The number of aryl methyl sites for hydroxylation is 1. The lowest BCUT2D eigenvalue weighted by Gasteiger charge is -2.12. The number of nitrogens with zero attached hydrogens (tertiary/aromatic N) is 2. The quantitative estimate of drug-likeness (QED) is 0.563. The molecule has 1 unspecified atom stereocenters. The van der Waals surface area contributed by atoms with E-state index in [1.165, 1.54) is 11.1 Å². The average molecular weight is 344 g/mol. The van der Waals surface area contributed by atoms with E-state index in [2.05, 4.69) is 22.4 Å². The van der Waals surface area contributed by atoms with Crippen LogP contribution in [0.3, 0.4) is 0 Å². The molecule has 0 saturated heterocycles. The highest BCUT2D eigenvalue weighted by atomic mass is 16.1. The molecule has 1 atom stereocenters. The first-order valence-corrected chi connectivity index (χ1v) is 8.65. The van der Waals surface area contributed by atoms with Gasteiger partial charge in [0.05, 0.1) is 23.7 Å². The van der Waals surface area contributed by atoms with E-state index in [0.29, 0.717) is 5.69 Å². The van der Waals surface area contributed by atoms with Gasteiger partial charge in [0.1, 0.15) is 0 Å². The average Bonchev–Trinajstić information content (AvgIpc) is 3.31. The summed E-state index contributed by atoms with van der Waals surface area (Å²) in [4.78, 5) is 16.3. The first kappa shape index (κ1) is 16.1. The van der Waals surface area contributed by atoms with Crippen LogP contribution in [0, 0.1) is 0 Å². The van der Waals surface area contributed by atoms with E-state index >= 15 is 0 Å². The van der Waals surface area contributed by atoms with Crippen molar-refractivity contribution in [3.05, 3.63) is 84.0 Å². The third-order valence-corrected chi connectivity index (χ3v) is 4.71. The van der Waals surface area contributed by atoms with E-state index in [4.69, 9.17) is 5.73 Å². The number of anilines is 1. The number of hydrogen-bond acceptors (Lipinski definition) is 3. The van der Waals surface area contributed by atoms with Crippen molar-refractivity contribution in [1.82, 2.24) is 14.9 Å². The first-order valence-electron chi connectivity index (χ1n) is 8.65. The monoisotopic (exact) mass is 344 g/mol. The number of hydrogen-bond donors (Lipinski definition) is 2. The molecule has 5 heteroatoms. The van der Waals surface area contributed by atoms with Crippen molar-refractivity contribution in [2.24, 2.45) is 0 Å². The lowest BCUT2D eigenvalue weighted by atomic mass is 10.1. The lowest BCUT2D eigenvalue weighted by molar-refractivity contribution is -0.117. The van der Waals surface area contributed by atoms with Crippen molar-refractivity contribution in [3.8, 4) is 5.69 Å². The molecule has 5 nitrogen and oxygen atoms in total. The zero-order valence-electron chi connectivity index (χ0n) is 14.3. The predicted molar refractivity (Wildman–Crippen MR) is 103 cm³/mol. The summed E-state index contributed by atoms with van der Waals surface area (Å²) in [5.41, 5.74) is 11.1. The zero-order chi connectivity index (χ0) is 17.9. The molecule has 0 aliphatic heterocycles. The summed E-state index contributed by atoms with van der Waals surface area (Å²) in [5.74, 6) is -0.0936. The second kappa shape index (κ2) is 6.88. The number of imidazole rings is 1. The summed E-state index contributed by atoms with van der Waals surface area (Å²) in [7, 11) is 0. The van der Waals surface area contributed by atoms with Gasteiger partial charge in [-0.3, -0.25) is 4.79 Å². The van der Waals surface area contributed by atoms with Gasteiger partial charge in [0, 0.05) is 18.5 Å². The van der Waals surface area contributed by atoms with Gasteiger partial charge >= 0.3 is 0 Å². The minimum atomic E-state index is -0.0936. The lowest BCUT2D eigenvalue weighted by Crippen LogP contribution is -2.25. The SMILES string of the molecule is Nc1cc(/C=C/C(=O)NC2CCc3ccccc32)ccc1-n1ccnc1. The van der Waals surface area contributed by atoms with Gasteiger partial charge in [-0.1, -0.05) is 30.3 Å². The van der Waals surface area contributed by atoms with E-state index in [-0.39, 0.29) is 11.9 Å². The second-order valence-corrected chi connectivity index (χ2v) is 6.42. The number of carbonyl (C=O) groups is 1. The van der Waals surface area contributed by atoms with Crippen molar-refractivity contribution in [2.45, 2.75) is 18.9 Å². The molecular weight excluding hydrogens is 324 g/mol. The van der Waals surface area contributed by atoms with Crippen molar-refractivity contribution < 1.29 is 4.79 Å². The topological polar surface area (TPSA) is 72.9 Å². The summed E-state index contributed by atoms with van der Waals surface area (Å²) in [5, 5.41) is 3.08. The van der Waals surface area contributed by atoms with Gasteiger partial charge in [0.15, 0.2) is 0 Å². The number of aromatic nitrogens is 2. The van der Waals surface area contributed by atoms with Gasteiger partial charge < -0.3 is 15.6 Å². The van der Waals surface area contributed by atoms with Crippen molar-refractivity contribution in [1.29, 1.82) is 0 Å². The number of amides is 1. The Kier molecular flexibility index (Phi) is 4.27. The smallest absolute Gasteiger partial charge is 0.244 e. The van der Waals surface area contributed by atoms with Crippen LogP contribution in [-0.2, 0) is 11.2 Å². The number of carbonyl (C=O) groups excluding carboxylic acids is 1. The molecule has 3 aromatic rings. The number of nitrogen functional groups attached to an aromatic ring is 1.